The number of hydrogen-bond donors (Lipinski definition) is 1. The van der Waals surface area contributed by atoms with Gasteiger partial charge in [-0.05, 0) is 51.8 Å². The predicted molar refractivity (Wildman–Crippen MR) is 82.7 cm³/mol. The highest BCUT2D eigenvalue weighted by atomic mass is 16.5. The number of aliphatic carboxylic acids is 1. The highest BCUT2D eigenvalue weighted by Crippen LogP contribution is 2.29. The van der Waals surface area contributed by atoms with Crippen LogP contribution in [0.2, 0.25) is 0 Å². The minimum absolute atomic E-state index is 0.232. The van der Waals surface area contributed by atoms with Crippen molar-refractivity contribution in [3.8, 4) is 5.75 Å². The standard InChI is InChI=1S/C17H25NO3/c1-17(2,16(19)20)12-13-6-4-5-7-15(13)21-14-8-10-18(3)11-9-14/h4-7,14H,8-12H2,1-3H3,(H,19,20). The van der Waals surface area contributed by atoms with Crippen molar-refractivity contribution in [2.75, 3.05) is 20.1 Å². The Hall–Kier alpha value is -1.55. The molecule has 21 heavy (non-hydrogen) atoms. The zero-order chi connectivity index (χ0) is 15.5. The van der Waals surface area contributed by atoms with E-state index >= 15 is 0 Å². The third-order valence-corrected chi connectivity index (χ3v) is 4.14. The van der Waals surface area contributed by atoms with Crippen LogP contribution in [0.3, 0.4) is 0 Å². The van der Waals surface area contributed by atoms with Crippen LogP contribution in [-0.2, 0) is 11.2 Å². The first-order valence-electron chi connectivity index (χ1n) is 7.55. The second-order valence-corrected chi connectivity index (χ2v) is 6.59. The molecule has 1 aromatic carbocycles. The van der Waals surface area contributed by atoms with Crippen molar-refractivity contribution < 1.29 is 14.6 Å². The summed E-state index contributed by atoms with van der Waals surface area (Å²) < 4.78 is 6.14. The Kier molecular flexibility index (Phi) is 4.88. The molecule has 0 bridgehead atoms. The molecule has 1 heterocycles. The first kappa shape index (κ1) is 15.8. The van der Waals surface area contributed by atoms with E-state index in [-0.39, 0.29) is 6.10 Å². The fourth-order valence-electron chi connectivity index (χ4n) is 2.60. The maximum Gasteiger partial charge on any atom is 0.309 e. The zero-order valence-electron chi connectivity index (χ0n) is 13.1. The Morgan fingerprint density at radius 1 is 1.33 bits per heavy atom. The smallest absolute Gasteiger partial charge is 0.309 e. The van der Waals surface area contributed by atoms with Crippen LogP contribution >= 0.6 is 0 Å². The monoisotopic (exact) mass is 291 g/mol. The first-order valence-corrected chi connectivity index (χ1v) is 7.55. The average Bonchev–Trinajstić information content (AvgIpc) is 2.43. The number of para-hydroxylation sites is 1. The Labute approximate surface area is 126 Å². The van der Waals surface area contributed by atoms with Crippen LogP contribution in [0, 0.1) is 5.41 Å². The normalized spacial score (nSPS) is 17.7. The van der Waals surface area contributed by atoms with Gasteiger partial charge in [0.15, 0.2) is 0 Å². The lowest BCUT2D eigenvalue weighted by Gasteiger charge is -2.30. The molecule has 0 amide bonds. The Balaban J connectivity index is 2.08. The lowest BCUT2D eigenvalue weighted by Crippen LogP contribution is -2.36. The van der Waals surface area contributed by atoms with Crippen LogP contribution in [0.5, 0.6) is 5.75 Å². The Morgan fingerprint density at radius 2 is 1.95 bits per heavy atom. The number of hydrogen-bond acceptors (Lipinski definition) is 3. The van der Waals surface area contributed by atoms with Gasteiger partial charge in [-0.3, -0.25) is 4.79 Å². The van der Waals surface area contributed by atoms with Crippen LogP contribution in [0.15, 0.2) is 24.3 Å². The van der Waals surface area contributed by atoms with Crippen molar-refractivity contribution in [1.82, 2.24) is 4.90 Å². The first-order chi connectivity index (χ1) is 9.88. The van der Waals surface area contributed by atoms with Crippen LogP contribution in [0.4, 0.5) is 0 Å². The maximum absolute atomic E-state index is 11.3. The minimum atomic E-state index is -0.785. The van der Waals surface area contributed by atoms with Gasteiger partial charge in [-0.1, -0.05) is 18.2 Å². The van der Waals surface area contributed by atoms with Crippen molar-refractivity contribution in [3.63, 3.8) is 0 Å². The number of carboxylic acids is 1. The largest absolute Gasteiger partial charge is 0.490 e. The molecule has 1 aromatic rings. The highest BCUT2D eigenvalue weighted by molar-refractivity contribution is 5.74. The molecular weight excluding hydrogens is 266 g/mol. The van der Waals surface area contributed by atoms with E-state index in [9.17, 15) is 9.90 Å². The van der Waals surface area contributed by atoms with Crippen molar-refractivity contribution in [1.29, 1.82) is 0 Å². The van der Waals surface area contributed by atoms with Crippen molar-refractivity contribution in [2.45, 2.75) is 39.2 Å². The fourth-order valence-corrected chi connectivity index (χ4v) is 2.60. The number of carbonyl (C=O) groups is 1. The quantitative estimate of drug-likeness (QED) is 0.906. The van der Waals surface area contributed by atoms with Gasteiger partial charge in [0.2, 0.25) is 0 Å². The molecule has 0 saturated carbocycles. The summed E-state index contributed by atoms with van der Waals surface area (Å²) in [5.41, 5.74) is 0.190. The number of carboxylic acid groups (broad SMARTS) is 1. The lowest BCUT2D eigenvalue weighted by molar-refractivity contribution is -0.146. The summed E-state index contributed by atoms with van der Waals surface area (Å²) in [4.78, 5) is 13.6. The Bertz CT molecular complexity index is 491. The molecule has 1 aliphatic heterocycles. The maximum atomic E-state index is 11.3. The summed E-state index contributed by atoms with van der Waals surface area (Å²) in [5, 5.41) is 9.30. The summed E-state index contributed by atoms with van der Waals surface area (Å²) in [7, 11) is 2.12. The zero-order valence-corrected chi connectivity index (χ0v) is 13.1. The number of piperidine rings is 1. The molecule has 1 saturated heterocycles. The molecule has 0 atom stereocenters. The van der Waals surface area contributed by atoms with Crippen LogP contribution in [0.25, 0.3) is 0 Å². The molecule has 116 valence electrons. The van der Waals surface area contributed by atoms with Crippen molar-refractivity contribution in [3.05, 3.63) is 29.8 Å². The highest BCUT2D eigenvalue weighted by Gasteiger charge is 2.29. The number of likely N-dealkylation sites (tertiary alicyclic amines) is 1. The van der Waals surface area contributed by atoms with Gasteiger partial charge in [0.1, 0.15) is 11.9 Å². The van der Waals surface area contributed by atoms with Crippen LogP contribution < -0.4 is 4.74 Å². The molecule has 0 aromatic heterocycles. The summed E-state index contributed by atoms with van der Waals surface area (Å²) >= 11 is 0. The van der Waals surface area contributed by atoms with E-state index in [1.54, 1.807) is 13.8 Å². The van der Waals surface area contributed by atoms with Gasteiger partial charge >= 0.3 is 5.97 Å². The molecule has 1 fully saturated rings. The molecular formula is C17H25NO3. The number of benzene rings is 1. The lowest BCUT2D eigenvalue weighted by atomic mass is 9.85. The van der Waals surface area contributed by atoms with E-state index in [4.69, 9.17) is 4.74 Å². The number of ether oxygens (including phenoxy) is 1. The topological polar surface area (TPSA) is 49.8 Å². The summed E-state index contributed by atoms with van der Waals surface area (Å²) in [6.07, 6.45) is 2.75. The van der Waals surface area contributed by atoms with Gasteiger partial charge in [0.25, 0.3) is 0 Å². The van der Waals surface area contributed by atoms with Crippen molar-refractivity contribution in [2.24, 2.45) is 5.41 Å². The fraction of sp³-hybridized carbons (Fsp3) is 0.588. The number of rotatable bonds is 5. The summed E-state index contributed by atoms with van der Waals surface area (Å²) in [6.45, 7) is 5.60. The molecule has 4 nitrogen and oxygen atoms in total. The van der Waals surface area contributed by atoms with E-state index in [0.29, 0.717) is 6.42 Å². The minimum Gasteiger partial charge on any atom is -0.490 e. The second-order valence-electron chi connectivity index (χ2n) is 6.59. The molecule has 2 rings (SSSR count). The summed E-state index contributed by atoms with van der Waals surface area (Å²) in [6, 6.07) is 7.80. The molecule has 1 aliphatic rings. The third kappa shape index (κ3) is 4.21. The van der Waals surface area contributed by atoms with E-state index in [2.05, 4.69) is 11.9 Å². The molecule has 0 radical (unpaired) electrons. The van der Waals surface area contributed by atoms with Crippen LogP contribution in [-0.4, -0.2) is 42.2 Å². The Morgan fingerprint density at radius 3 is 2.57 bits per heavy atom. The van der Waals surface area contributed by atoms with Gasteiger partial charge in [-0.2, -0.15) is 0 Å². The van der Waals surface area contributed by atoms with Crippen LogP contribution in [0.1, 0.15) is 32.3 Å². The van der Waals surface area contributed by atoms with Gasteiger partial charge in [-0.25, -0.2) is 0 Å². The van der Waals surface area contributed by atoms with E-state index in [0.717, 1.165) is 37.2 Å². The molecule has 0 spiro atoms. The second kappa shape index (κ2) is 6.48. The molecule has 0 unspecified atom stereocenters. The van der Waals surface area contributed by atoms with E-state index in [1.807, 2.05) is 24.3 Å². The van der Waals surface area contributed by atoms with Crippen molar-refractivity contribution >= 4 is 5.97 Å². The average molecular weight is 291 g/mol. The van der Waals surface area contributed by atoms with E-state index < -0.39 is 11.4 Å². The molecule has 4 heteroatoms. The molecule has 1 N–H and O–H groups in total. The van der Waals surface area contributed by atoms with E-state index in [1.165, 1.54) is 0 Å². The SMILES string of the molecule is CN1CCC(Oc2ccccc2CC(C)(C)C(=O)O)CC1. The molecule has 0 aliphatic carbocycles. The van der Waals surface area contributed by atoms with Gasteiger partial charge in [0, 0.05) is 13.1 Å². The summed E-state index contributed by atoms with van der Waals surface area (Å²) in [5.74, 6) is 0.0537. The third-order valence-electron chi connectivity index (χ3n) is 4.14. The van der Waals surface area contributed by atoms with Gasteiger partial charge in [0.05, 0.1) is 5.41 Å². The van der Waals surface area contributed by atoms with Gasteiger partial charge in [-0.15, -0.1) is 0 Å². The predicted octanol–water partition coefficient (Wildman–Crippen LogP) is 2.81. The van der Waals surface area contributed by atoms with Gasteiger partial charge < -0.3 is 14.7 Å². The number of nitrogens with zero attached hydrogens (tertiary/aromatic N) is 1.